The summed E-state index contributed by atoms with van der Waals surface area (Å²) in [6.45, 7) is 1.38. The second kappa shape index (κ2) is 5.67. The van der Waals surface area contributed by atoms with Crippen molar-refractivity contribution in [2.45, 2.75) is 17.7 Å². The second-order valence-corrected chi connectivity index (χ2v) is 7.11. The number of hydrogen-bond donors (Lipinski definition) is 3. The van der Waals surface area contributed by atoms with Gasteiger partial charge in [-0.3, -0.25) is 0 Å². The van der Waals surface area contributed by atoms with Gasteiger partial charge < -0.3 is 15.5 Å². The molecule has 21 heavy (non-hydrogen) atoms. The average Bonchev–Trinajstić information content (AvgIpc) is 3.15. The summed E-state index contributed by atoms with van der Waals surface area (Å²) in [5, 5.41) is 0.599. The molecule has 114 valence electrons. The summed E-state index contributed by atoms with van der Waals surface area (Å²) in [6.07, 6.45) is 3.93. The number of aromatic nitrogens is 1. The molecule has 0 aliphatic heterocycles. The smallest absolute Gasteiger partial charge is 0.242 e. The number of nitrogen functional groups attached to an aromatic ring is 1. The van der Waals surface area contributed by atoms with Crippen LogP contribution < -0.4 is 10.5 Å². The zero-order valence-electron chi connectivity index (χ0n) is 11.6. The highest BCUT2D eigenvalue weighted by Gasteiger charge is 2.21. The van der Waals surface area contributed by atoms with Gasteiger partial charge in [-0.1, -0.05) is 0 Å². The van der Waals surface area contributed by atoms with Crippen molar-refractivity contribution in [1.29, 1.82) is 0 Å². The highest BCUT2D eigenvalue weighted by molar-refractivity contribution is 7.89. The predicted octanol–water partition coefficient (Wildman–Crippen LogP) is 1.45. The zero-order chi connectivity index (χ0) is 14.9. The fourth-order valence-electron chi connectivity index (χ4n) is 2.20. The van der Waals surface area contributed by atoms with Gasteiger partial charge in [-0.2, -0.15) is 0 Å². The first kappa shape index (κ1) is 14.4. The van der Waals surface area contributed by atoms with Crippen LogP contribution in [0.3, 0.4) is 0 Å². The van der Waals surface area contributed by atoms with Crippen molar-refractivity contribution in [1.82, 2.24) is 9.71 Å². The highest BCUT2D eigenvalue weighted by Crippen LogP contribution is 2.28. The molecule has 2 aromatic rings. The molecule has 0 spiro atoms. The molecule has 0 radical (unpaired) electrons. The van der Waals surface area contributed by atoms with Gasteiger partial charge in [0.25, 0.3) is 0 Å². The van der Waals surface area contributed by atoms with Crippen LogP contribution in [0.15, 0.2) is 29.3 Å². The number of ether oxygens (including phenoxy) is 1. The molecule has 7 heteroatoms. The van der Waals surface area contributed by atoms with Crippen LogP contribution in [0.25, 0.3) is 10.9 Å². The number of sulfonamides is 1. The SMILES string of the molecule is Nc1ccc2[nH]cc(S(=O)(=O)NCCOCC3CC3)c2c1. The van der Waals surface area contributed by atoms with Crippen LogP contribution in [-0.2, 0) is 14.8 Å². The first-order chi connectivity index (χ1) is 10.1. The van der Waals surface area contributed by atoms with Crippen LogP contribution in [-0.4, -0.2) is 33.2 Å². The third-order valence-electron chi connectivity index (χ3n) is 3.55. The van der Waals surface area contributed by atoms with Crippen LogP contribution in [0.1, 0.15) is 12.8 Å². The Kier molecular flexibility index (Phi) is 3.88. The Morgan fingerprint density at radius 2 is 2.19 bits per heavy atom. The molecule has 1 aromatic heterocycles. The predicted molar refractivity (Wildman–Crippen MR) is 81.4 cm³/mol. The van der Waals surface area contributed by atoms with Crippen molar-refractivity contribution in [2.24, 2.45) is 5.92 Å². The van der Waals surface area contributed by atoms with Crippen molar-refractivity contribution in [3.8, 4) is 0 Å². The Morgan fingerprint density at radius 1 is 1.38 bits per heavy atom. The summed E-state index contributed by atoms with van der Waals surface area (Å²) < 4.78 is 32.6. The molecule has 0 amide bonds. The molecule has 0 atom stereocenters. The van der Waals surface area contributed by atoms with Gasteiger partial charge in [-0.15, -0.1) is 0 Å². The van der Waals surface area contributed by atoms with E-state index in [1.807, 2.05) is 0 Å². The van der Waals surface area contributed by atoms with Crippen LogP contribution in [0, 0.1) is 5.92 Å². The van der Waals surface area contributed by atoms with Gasteiger partial charge in [0.05, 0.1) is 6.61 Å². The fourth-order valence-corrected chi connectivity index (χ4v) is 3.38. The Hall–Kier alpha value is -1.57. The van der Waals surface area contributed by atoms with E-state index in [-0.39, 0.29) is 11.4 Å². The van der Waals surface area contributed by atoms with Crippen LogP contribution >= 0.6 is 0 Å². The Balaban J connectivity index is 1.66. The van der Waals surface area contributed by atoms with Gasteiger partial charge in [0.1, 0.15) is 4.90 Å². The minimum absolute atomic E-state index is 0.215. The summed E-state index contributed by atoms with van der Waals surface area (Å²) in [7, 11) is -3.56. The third-order valence-corrected chi connectivity index (χ3v) is 5.05. The first-order valence-corrected chi connectivity index (χ1v) is 8.48. The van der Waals surface area contributed by atoms with Crippen molar-refractivity contribution >= 4 is 26.6 Å². The molecule has 4 N–H and O–H groups in total. The highest BCUT2D eigenvalue weighted by atomic mass is 32.2. The van der Waals surface area contributed by atoms with Crippen LogP contribution in [0.5, 0.6) is 0 Å². The molecule has 1 aliphatic carbocycles. The number of nitrogens with one attached hydrogen (secondary N) is 2. The summed E-state index contributed by atoms with van der Waals surface area (Å²) in [5.74, 6) is 0.679. The van der Waals surface area contributed by atoms with Crippen LogP contribution in [0.4, 0.5) is 5.69 Å². The standard InChI is InChI=1S/C14H19N3O3S/c15-11-3-4-13-12(7-11)14(8-16-13)21(18,19)17-5-6-20-9-10-1-2-10/h3-4,7-8,10,16-17H,1-2,5-6,9,15H2. The van der Waals surface area contributed by atoms with Gasteiger partial charge >= 0.3 is 0 Å². The van der Waals surface area contributed by atoms with E-state index < -0.39 is 10.0 Å². The fraction of sp³-hybridized carbons (Fsp3) is 0.429. The summed E-state index contributed by atoms with van der Waals surface area (Å²) in [5.41, 5.74) is 7.00. The van der Waals surface area contributed by atoms with Gasteiger partial charge in [0, 0.05) is 35.9 Å². The number of nitrogens with two attached hydrogens (primary N) is 1. The lowest BCUT2D eigenvalue weighted by molar-refractivity contribution is 0.129. The Morgan fingerprint density at radius 3 is 2.95 bits per heavy atom. The number of anilines is 1. The maximum Gasteiger partial charge on any atom is 0.242 e. The molecule has 0 saturated heterocycles. The van der Waals surface area contributed by atoms with E-state index >= 15 is 0 Å². The lowest BCUT2D eigenvalue weighted by atomic mass is 10.2. The van der Waals surface area contributed by atoms with Gasteiger partial charge in [-0.25, -0.2) is 13.1 Å². The maximum absolute atomic E-state index is 12.3. The summed E-state index contributed by atoms with van der Waals surface area (Å²) >= 11 is 0. The molecule has 3 rings (SSSR count). The number of benzene rings is 1. The molecular formula is C14H19N3O3S. The Bertz CT molecular complexity index is 735. The molecule has 1 aliphatic rings. The molecule has 1 aromatic carbocycles. The molecule has 0 bridgehead atoms. The molecule has 6 nitrogen and oxygen atoms in total. The number of fused-ring (bicyclic) bond motifs is 1. The second-order valence-electron chi connectivity index (χ2n) is 5.37. The van der Waals surface area contributed by atoms with E-state index in [4.69, 9.17) is 10.5 Å². The van der Waals surface area contributed by atoms with E-state index in [2.05, 4.69) is 9.71 Å². The largest absolute Gasteiger partial charge is 0.399 e. The zero-order valence-corrected chi connectivity index (χ0v) is 12.4. The van der Waals surface area contributed by atoms with Gasteiger partial charge in [-0.05, 0) is 37.0 Å². The van der Waals surface area contributed by atoms with Crippen LogP contribution in [0.2, 0.25) is 0 Å². The molecule has 1 heterocycles. The quantitative estimate of drug-likeness (QED) is 0.533. The maximum atomic E-state index is 12.3. The summed E-state index contributed by atoms with van der Waals surface area (Å²) in [6, 6.07) is 5.15. The number of hydrogen-bond acceptors (Lipinski definition) is 4. The number of H-pyrrole nitrogens is 1. The number of aromatic amines is 1. The normalized spacial score (nSPS) is 15.6. The van der Waals surface area contributed by atoms with Crippen molar-refractivity contribution in [3.63, 3.8) is 0 Å². The number of rotatable bonds is 7. The lowest BCUT2D eigenvalue weighted by Gasteiger charge is -2.06. The van der Waals surface area contributed by atoms with E-state index in [0.29, 0.717) is 23.6 Å². The summed E-state index contributed by atoms with van der Waals surface area (Å²) in [4.78, 5) is 3.16. The van der Waals surface area contributed by atoms with Crippen molar-refractivity contribution in [2.75, 3.05) is 25.5 Å². The molecule has 1 saturated carbocycles. The van der Waals surface area contributed by atoms with Gasteiger partial charge in [0.2, 0.25) is 10.0 Å². The van der Waals surface area contributed by atoms with E-state index in [1.165, 1.54) is 19.0 Å². The first-order valence-electron chi connectivity index (χ1n) is 7.00. The monoisotopic (exact) mass is 309 g/mol. The lowest BCUT2D eigenvalue weighted by Crippen LogP contribution is -2.27. The van der Waals surface area contributed by atoms with Crippen molar-refractivity contribution < 1.29 is 13.2 Å². The third kappa shape index (κ3) is 3.37. The minimum Gasteiger partial charge on any atom is -0.399 e. The molecular weight excluding hydrogens is 290 g/mol. The van der Waals surface area contributed by atoms with Crippen molar-refractivity contribution in [3.05, 3.63) is 24.4 Å². The topological polar surface area (TPSA) is 97.2 Å². The molecule has 0 unspecified atom stereocenters. The van der Waals surface area contributed by atoms with Gasteiger partial charge in [0.15, 0.2) is 0 Å². The average molecular weight is 309 g/mol. The van der Waals surface area contributed by atoms with E-state index in [9.17, 15) is 8.42 Å². The molecule has 1 fully saturated rings. The Labute approximate surface area is 123 Å². The van der Waals surface area contributed by atoms with E-state index in [1.54, 1.807) is 18.2 Å². The minimum atomic E-state index is -3.56. The van der Waals surface area contributed by atoms with E-state index in [0.717, 1.165) is 12.1 Å².